The van der Waals surface area contributed by atoms with Crippen LogP contribution in [0.3, 0.4) is 0 Å². The Balaban J connectivity index is 2.07. The van der Waals surface area contributed by atoms with Gasteiger partial charge in [-0.05, 0) is 28.8 Å². The Hall–Kier alpha value is -3.35. The van der Waals surface area contributed by atoms with E-state index >= 15 is 0 Å². The third-order valence-corrected chi connectivity index (χ3v) is 4.32. The number of halogens is 1. The van der Waals surface area contributed by atoms with Crippen molar-refractivity contribution in [2.24, 2.45) is 0 Å². The van der Waals surface area contributed by atoms with Crippen LogP contribution in [0.25, 0.3) is 23.3 Å². The molecule has 1 N–H and O–H groups in total. The van der Waals surface area contributed by atoms with Gasteiger partial charge in [0.15, 0.2) is 6.29 Å². The van der Waals surface area contributed by atoms with Crippen LogP contribution >= 0.6 is 11.6 Å². The van der Waals surface area contributed by atoms with Gasteiger partial charge in [-0.3, -0.25) is 4.79 Å². The first-order valence-electron chi connectivity index (χ1n) is 7.88. The minimum atomic E-state index is -0.101. The van der Waals surface area contributed by atoms with Crippen LogP contribution in [0.2, 0.25) is 5.02 Å². The Morgan fingerprint density at radius 3 is 2.35 bits per heavy atom. The average Bonchev–Trinajstić information content (AvgIpc) is 2.68. The van der Waals surface area contributed by atoms with E-state index in [9.17, 15) is 15.2 Å². The molecule has 3 aromatic carbocycles. The molecule has 26 heavy (non-hydrogen) atoms. The molecule has 3 aromatic rings. The van der Waals surface area contributed by atoms with E-state index in [1.165, 1.54) is 12.1 Å². The zero-order valence-electron chi connectivity index (χ0n) is 13.7. The number of aromatic hydroxyl groups is 1. The molecule has 3 rings (SSSR count). The van der Waals surface area contributed by atoms with E-state index in [0.717, 1.165) is 16.7 Å². The largest absolute Gasteiger partial charge is 0.506 e. The van der Waals surface area contributed by atoms with E-state index < -0.39 is 0 Å². The van der Waals surface area contributed by atoms with E-state index in [1.807, 2.05) is 48.5 Å². The van der Waals surface area contributed by atoms with Gasteiger partial charge < -0.3 is 5.11 Å². The van der Waals surface area contributed by atoms with E-state index in [4.69, 9.17) is 11.6 Å². The smallest absolute Gasteiger partial charge is 0.150 e. The first-order chi connectivity index (χ1) is 12.6. The number of carbonyl (C=O) groups is 1. The first kappa shape index (κ1) is 17.5. The zero-order valence-corrected chi connectivity index (χ0v) is 14.4. The Kier molecular flexibility index (Phi) is 5.17. The van der Waals surface area contributed by atoms with Gasteiger partial charge in [-0.1, -0.05) is 72.3 Å². The zero-order chi connectivity index (χ0) is 18.5. The lowest BCUT2D eigenvalue weighted by molar-refractivity contribution is 0.112. The molecule has 0 saturated carbocycles. The summed E-state index contributed by atoms with van der Waals surface area (Å²) in [4.78, 5) is 11.2. The Morgan fingerprint density at radius 2 is 1.65 bits per heavy atom. The SMILES string of the molecule is N#Cc1c(/C=C/c2cc(O)c(Cl)cc2C=O)cccc1-c1ccccc1. The maximum Gasteiger partial charge on any atom is 0.150 e. The molecule has 0 heterocycles. The highest BCUT2D eigenvalue weighted by Gasteiger charge is 2.09. The van der Waals surface area contributed by atoms with Gasteiger partial charge in [0.25, 0.3) is 0 Å². The highest BCUT2D eigenvalue weighted by molar-refractivity contribution is 6.32. The number of aldehydes is 1. The normalized spacial score (nSPS) is 10.6. The summed E-state index contributed by atoms with van der Waals surface area (Å²) >= 11 is 5.84. The molecule has 0 aromatic heterocycles. The van der Waals surface area contributed by atoms with Gasteiger partial charge in [-0.25, -0.2) is 0 Å². The second kappa shape index (κ2) is 7.69. The van der Waals surface area contributed by atoms with Gasteiger partial charge in [0, 0.05) is 11.1 Å². The summed E-state index contributed by atoms with van der Waals surface area (Å²) in [5, 5.41) is 19.5. The van der Waals surface area contributed by atoms with Gasteiger partial charge >= 0.3 is 0 Å². The monoisotopic (exact) mass is 359 g/mol. The van der Waals surface area contributed by atoms with Gasteiger partial charge in [-0.2, -0.15) is 5.26 Å². The molecule has 0 atom stereocenters. The predicted octanol–water partition coefficient (Wildman–Crippen LogP) is 5.57. The summed E-state index contributed by atoms with van der Waals surface area (Å²) in [5.41, 5.74) is 3.94. The van der Waals surface area contributed by atoms with Crippen molar-refractivity contribution in [2.75, 3.05) is 0 Å². The number of benzene rings is 3. The summed E-state index contributed by atoms with van der Waals surface area (Å²) in [6.45, 7) is 0. The molecule has 4 heteroatoms. The Morgan fingerprint density at radius 1 is 0.923 bits per heavy atom. The molecule has 126 valence electrons. The van der Waals surface area contributed by atoms with Crippen molar-refractivity contribution in [2.45, 2.75) is 0 Å². The van der Waals surface area contributed by atoms with Gasteiger partial charge in [0.1, 0.15) is 11.8 Å². The van der Waals surface area contributed by atoms with Crippen LogP contribution in [0.4, 0.5) is 0 Å². The minimum absolute atomic E-state index is 0.101. The van der Waals surface area contributed by atoms with Crippen molar-refractivity contribution < 1.29 is 9.90 Å². The van der Waals surface area contributed by atoms with Crippen LogP contribution in [0.15, 0.2) is 60.7 Å². The number of phenols is 1. The number of rotatable bonds is 4. The molecular weight excluding hydrogens is 346 g/mol. The Bertz CT molecular complexity index is 1030. The van der Waals surface area contributed by atoms with Crippen molar-refractivity contribution in [3.63, 3.8) is 0 Å². The Labute approximate surface area is 156 Å². The number of hydrogen-bond donors (Lipinski definition) is 1. The highest BCUT2D eigenvalue weighted by atomic mass is 35.5. The lowest BCUT2D eigenvalue weighted by Crippen LogP contribution is -1.89. The number of hydrogen-bond acceptors (Lipinski definition) is 3. The molecule has 0 aliphatic rings. The summed E-state index contributed by atoms with van der Waals surface area (Å²) < 4.78 is 0. The molecule has 3 nitrogen and oxygen atoms in total. The van der Waals surface area contributed by atoms with E-state index in [-0.39, 0.29) is 10.8 Å². The minimum Gasteiger partial charge on any atom is -0.506 e. The van der Waals surface area contributed by atoms with Crippen molar-refractivity contribution in [3.05, 3.63) is 87.9 Å². The van der Waals surface area contributed by atoms with Crippen molar-refractivity contribution in [3.8, 4) is 22.9 Å². The van der Waals surface area contributed by atoms with Gasteiger partial charge in [-0.15, -0.1) is 0 Å². The first-order valence-corrected chi connectivity index (χ1v) is 8.26. The molecule has 0 unspecified atom stereocenters. The van der Waals surface area contributed by atoms with Crippen LogP contribution < -0.4 is 0 Å². The summed E-state index contributed by atoms with van der Waals surface area (Å²) in [5.74, 6) is -0.101. The molecule has 0 aliphatic heterocycles. The van der Waals surface area contributed by atoms with Crippen LogP contribution in [-0.4, -0.2) is 11.4 Å². The molecule has 0 amide bonds. The highest BCUT2D eigenvalue weighted by Crippen LogP contribution is 2.29. The number of carbonyl (C=O) groups excluding carboxylic acids is 1. The molecular formula is C22H14ClNO2. The van der Waals surface area contributed by atoms with Crippen LogP contribution in [0.1, 0.15) is 27.0 Å². The molecule has 0 spiro atoms. The second-order valence-corrected chi connectivity index (χ2v) is 6.04. The van der Waals surface area contributed by atoms with Crippen LogP contribution in [0, 0.1) is 11.3 Å². The molecule has 0 fully saturated rings. The molecule has 0 radical (unpaired) electrons. The standard InChI is InChI=1S/C22H14ClNO2/c23-21-11-18(14-25)17(12-22(21)26)10-9-16-7-4-8-19(20(16)13-24)15-5-2-1-3-6-15/h1-12,14,26H/b10-9+. The fourth-order valence-corrected chi connectivity index (χ4v) is 2.88. The third kappa shape index (κ3) is 3.51. The van der Waals surface area contributed by atoms with E-state index in [2.05, 4.69) is 6.07 Å². The lowest BCUT2D eigenvalue weighted by atomic mass is 9.95. The maximum atomic E-state index is 11.2. The van der Waals surface area contributed by atoms with Crippen LogP contribution in [0.5, 0.6) is 5.75 Å². The van der Waals surface area contributed by atoms with Crippen molar-refractivity contribution in [1.29, 1.82) is 5.26 Å². The quantitative estimate of drug-likeness (QED) is 0.489. The molecule has 0 bridgehead atoms. The summed E-state index contributed by atoms with van der Waals surface area (Å²) in [6, 6.07) is 20.4. The van der Waals surface area contributed by atoms with E-state index in [0.29, 0.717) is 23.0 Å². The topological polar surface area (TPSA) is 61.1 Å². The predicted molar refractivity (Wildman–Crippen MR) is 104 cm³/mol. The summed E-state index contributed by atoms with van der Waals surface area (Å²) in [6.07, 6.45) is 4.11. The molecule has 0 saturated heterocycles. The van der Waals surface area contributed by atoms with Crippen molar-refractivity contribution >= 4 is 30.0 Å². The van der Waals surface area contributed by atoms with Gasteiger partial charge in [0.2, 0.25) is 0 Å². The lowest BCUT2D eigenvalue weighted by Gasteiger charge is -2.07. The maximum absolute atomic E-state index is 11.2. The van der Waals surface area contributed by atoms with Crippen molar-refractivity contribution in [1.82, 2.24) is 0 Å². The van der Waals surface area contributed by atoms with Gasteiger partial charge in [0.05, 0.1) is 10.6 Å². The molecule has 0 aliphatic carbocycles. The third-order valence-electron chi connectivity index (χ3n) is 4.02. The average molecular weight is 360 g/mol. The number of nitriles is 1. The second-order valence-electron chi connectivity index (χ2n) is 5.63. The fourth-order valence-electron chi connectivity index (χ4n) is 2.71. The van der Waals surface area contributed by atoms with Crippen LogP contribution in [-0.2, 0) is 0 Å². The van der Waals surface area contributed by atoms with E-state index in [1.54, 1.807) is 12.2 Å². The number of phenolic OH excluding ortho intramolecular Hbond substituents is 1. The summed E-state index contributed by atoms with van der Waals surface area (Å²) in [7, 11) is 0. The fraction of sp³-hybridized carbons (Fsp3) is 0. The number of nitrogens with zero attached hydrogens (tertiary/aromatic N) is 1.